The third-order valence-electron chi connectivity index (χ3n) is 5.03. The van der Waals surface area contributed by atoms with E-state index in [-0.39, 0.29) is 36.5 Å². The molecule has 1 heterocycles. The zero-order valence-electron chi connectivity index (χ0n) is 16.4. The van der Waals surface area contributed by atoms with Crippen molar-refractivity contribution >= 4 is 23.2 Å². The number of amides is 2. The lowest BCUT2D eigenvalue weighted by Crippen LogP contribution is -2.48. The lowest BCUT2D eigenvalue weighted by molar-refractivity contribution is -0.384. The van der Waals surface area contributed by atoms with Gasteiger partial charge in [-0.05, 0) is 25.0 Å². The fraction of sp³-hybridized carbons (Fsp3) is 0.333. The van der Waals surface area contributed by atoms with Gasteiger partial charge in [0.2, 0.25) is 5.91 Å². The molecule has 8 heteroatoms. The maximum atomic E-state index is 13.1. The van der Waals surface area contributed by atoms with Gasteiger partial charge in [0, 0.05) is 24.7 Å². The van der Waals surface area contributed by atoms with Gasteiger partial charge in [0.15, 0.2) is 6.61 Å². The Bertz CT molecular complexity index is 916. The highest BCUT2D eigenvalue weighted by Crippen LogP contribution is 2.35. The van der Waals surface area contributed by atoms with Crippen molar-refractivity contribution in [3.05, 3.63) is 64.2 Å². The van der Waals surface area contributed by atoms with Crippen LogP contribution in [0.4, 0.5) is 11.4 Å². The number of rotatable bonds is 7. The van der Waals surface area contributed by atoms with E-state index in [1.807, 2.05) is 44.2 Å². The first-order valence-electron chi connectivity index (χ1n) is 9.45. The van der Waals surface area contributed by atoms with Gasteiger partial charge in [0.25, 0.3) is 11.6 Å². The van der Waals surface area contributed by atoms with E-state index >= 15 is 0 Å². The van der Waals surface area contributed by atoms with Crippen molar-refractivity contribution in [2.45, 2.75) is 32.9 Å². The summed E-state index contributed by atoms with van der Waals surface area (Å²) < 4.78 is 5.37. The molecule has 8 nitrogen and oxygen atoms in total. The van der Waals surface area contributed by atoms with Crippen LogP contribution in [0.2, 0.25) is 0 Å². The predicted molar refractivity (Wildman–Crippen MR) is 108 cm³/mol. The number of carbonyl (C=O) groups excluding carboxylic acids is 2. The van der Waals surface area contributed by atoms with Crippen molar-refractivity contribution < 1.29 is 19.2 Å². The van der Waals surface area contributed by atoms with Crippen molar-refractivity contribution in [3.63, 3.8) is 0 Å². The summed E-state index contributed by atoms with van der Waals surface area (Å²) in [5.41, 5.74) is 1.07. The third kappa shape index (κ3) is 4.53. The number of hydrogen-bond acceptors (Lipinski definition) is 5. The summed E-state index contributed by atoms with van der Waals surface area (Å²) in [7, 11) is 0. The Labute approximate surface area is 168 Å². The van der Waals surface area contributed by atoms with Gasteiger partial charge in [-0.25, -0.2) is 0 Å². The minimum absolute atomic E-state index is 0.0246. The SMILES string of the molecule is CCC(C)N(Cc1ccccc1)C(=O)CN1C(=O)COc2ccc([N+](=O)[O-])cc21. The second-order valence-electron chi connectivity index (χ2n) is 6.94. The summed E-state index contributed by atoms with van der Waals surface area (Å²) in [6.07, 6.45) is 0.762. The van der Waals surface area contributed by atoms with Crippen LogP contribution in [0.5, 0.6) is 5.75 Å². The summed E-state index contributed by atoms with van der Waals surface area (Å²) in [6.45, 7) is 3.97. The maximum absolute atomic E-state index is 13.1. The Hall–Kier alpha value is -3.42. The minimum Gasteiger partial charge on any atom is -0.482 e. The summed E-state index contributed by atoms with van der Waals surface area (Å²) >= 11 is 0. The molecule has 0 bridgehead atoms. The molecule has 2 aromatic rings. The summed E-state index contributed by atoms with van der Waals surface area (Å²) in [5.74, 6) is -0.285. The second-order valence-corrected chi connectivity index (χ2v) is 6.94. The van der Waals surface area contributed by atoms with Crippen LogP contribution in [0.1, 0.15) is 25.8 Å². The lowest BCUT2D eigenvalue weighted by Gasteiger charge is -2.33. The number of non-ortho nitro benzene ring substituents is 1. The third-order valence-corrected chi connectivity index (χ3v) is 5.03. The van der Waals surface area contributed by atoms with E-state index in [0.717, 1.165) is 12.0 Å². The molecule has 2 aromatic carbocycles. The highest BCUT2D eigenvalue weighted by molar-refractivity contribution is 6.02. The van der Waals surface area contributed by atoms with E-state index in [9.17, 15) is 19.7 Å². The molecular weight excluding hydrogens is 374 g/mol. The minimum atomic E-state index is -0.541. The van der Waals surface area contributed by atoms with Gasteiger partial charge in [0.05, 0.1) is 10.6 Å². The van der Waals surface area contributed by atoms with Crippen molar-refractivity contribution in [1.82, 2.24) is 4.90 Å². The molecule has 3 rings (SSSR count). The fourth-order valence-electron chi connectivity index (χ4n) is 3.19. The van der Waals surface area contributed by atoms with Gasteiger partial charge in [-0.2, -0.15) is 0 Å². The van der Waals surface area contributed by atoms with Gasteiger partial charge in [0.1, 0.15) is 12.3 Å². The second kappa shape index (κ2) is 8.72. The number of nitro groups is 1. The van der Waals surface area contributed by atoms with Crippen molar-refractivity contribution in [3.8, 4) is 5.75 Å². The number of nitrogens with zero attached hydrogens (tertiary/aromatic N) is 3. The smallest absolute Gasteiger partial charge is 0.271 e. The normalized spacial score (nSPS) is 14.0. The molecule has 1 aliphatic rings. The fourth-order valence-corrected chi connectivity index (χ4v) is 3.19. The van der Waals surface area contributed by atoms with Crippen LogP contribution >= 0.6 is 0 Å². The van der Waals surface area contributed by atoms with Gasteiger partial charge in [-0.3, -0.25) is 24.6 Å². The topological polar surface area (TPSA) is 93.0 Å². The Kier molecular flexibility index (Phi) is 6.11. The summed E-state index contributed by atoms with van der Waals surface area (Å²) in [5, 5.41) is 11.1. The van der Waals surface area contributed by atoms with Crippen LogP contribution in [-0.4, -0.2) is 40.8 Å². The largest absolute Gasteiger partial charge is 0.482 e. The zero-order valence-corrected chi connectivity index (χ0v) is 16.4. The van der Waals surface area contributed by atoms with Crippen LogP contribution in [0.3, 0.4) is 0 Å². The predicted octanol–water partition coefficient (Wildman–Crippen LogP) is 3.15. The van der Waals surface area contributed by atoms with Gasteiger partial charge in [-0.1, -0.05) is 37.3 Å². The van der Waals surface area contributed by atoms with Gasteiger partial charge >= 0.3 is 0 Å². The van der Waals surface area contributed by atoms with Crippen LogP contribution in [0, 0.1) is 10.1 Å². The first-order valence-corrected chi connectivity index (χ1v) is 9.45. The molecule has 1 aliphatic heterocycles. The average molecular weight is 397 g/mol. The van der Waals surface area contributed by atoms with Crippen LogP contribution < -0.4 is 9.64 Å². The van der Waals surface area contributed by atoms with E-state index in [1.165, 1.54) is 23.1 Å². The van der Waals surface area contributed by atoms with Crippen LogP contribution in [0.15, 0.2) is 48.5 Å². The first-order chi connectivity index (χ1) is 13.9. The molecule has 0 spiro atoms. The monoisotopic (exact) mass is 397 g/mol. The number of anilines is 1. The molecule has 0 saturated heterocycles. The highest BCUT2D eigenvalue weighted by Gasteiger charge is 2.31. The molecular formula is C21H23N3O5. The Morgan fingerprint density at radius 1 is 1.28 bits per heavy atom. The molecule has 1 atom stereocenters. The van der Waals surface area contributed by atoms with Crippen molar-refractivity contribution in [2.75, 3.05) is 18.1 Å². The Morgan fingerprint density at radius 2 is 2.00 bits per heavy atom. The molecule has 0 fully saturated rings. The van der Waals surface area contributed by atoms with Crippen LogP contribution in [0.25, 0.3) is 0 Å². The van der Waals surface area contributed by atoms with E-state index in [4.69, 9.17) is 4.74 Å². The van der Waals surface area contributed by atoms with Crippen molar-refractivity contribution in [2.24, 2.45) is 0 Å². The van der Waals surface area contributed by atoms with Gasteiger partial charge < -0.3 is 9.64 Å². The maximum Gasteiger partial charge on any atom is 0.271 e. The summed E-state index contributed by atoms with van der Waals surface area (Å²) in [6, 6.07) is 13.6. The van der Waals surface area contributed by atoms with Gasteiger partial charge in [-0.15, -0.1) is 0 Å². The molecule has 0 aliphatic carbocycles. The lowest BCUT2D eigenvalue weighted by atomic mass is 10.1. The number of carbonyl (C=O) groups is 2. The average Bonchev–Trinajstić information content (AvgIpc) is 2.73. The summed E-state index contributed by atoms with van der Waals surface area (Å²) in [4.78, 5) is 39.2. The quantitative estimate of drug-likeness (QED) is 0.529. The zero-order chi connectivity index (χ0) is 21.0. The first kappa shape index (κ1) is 20.3. The molecule has 0 saturated carbocycles. The molecule has 29 heavy (non-hydrogen) atoms. The number of fused-ring (bicyclic) bond motifs is 1. The Morgan fingerprint density at radius 3 is 2.66 bits per heavy atom. The highest BCUT2D eigenvalue weighted by atomic mass is 16.6. The number of nitro benzene ring substituents is 1. The van der Waals surface area contributed by atoms with E-state index in [1.54, 1.807) is 4.90 Å². The van der Waals surface area contributed by atoms with Crippen molar-refractivity contribution in [1.29, 1.82) is 0 Å². The van der Waals surface area contributed by atoms with E-state index in [0.29, 0.717) is 12.3 Å². The Balaban J connectivity index is 1.86. The molecule has 2 amide bonds. The standard InChI is InChI=1S/C21H23N3O5/c1-3-15(2)22(12-16-7-5-4-6-8-16)20(25)13-23-18-11-17(24(27)28)9-10-19(18)29-14-21(23)26/h4-11,15H,3,12-14H2,1-2H3. The molecule has 0 N–H and O–H groups in total. The number of benzene rings is 2. The molecule has 152 valence electrons. The number of hydrogen-bond donors (Lipinski definition) is 0. The molecule has 0 aromatic heterocycles. The molecule has 1 unspecified atom stereocenters. The van der Waals surface area contributed by atoms with E-state index < -0.39 is 10.8 Å². The number of ether oxygens (including phenoxy) is 1. The van der Waals surface area contributed by atoms with E-state index in [2.05, 4.69) is 0 Å². The van der Waals surface area contributed by atoms with Crippen LogP contribution in [-0.2, 0) is 16.1 Å². The molecule has 0 radical (unpaired) electrons.